The molecule has 0 spiro atoms. The fourth-order valence-electron chi connectivity index (χ4n) is 2.45. The number of hydrogen-bond donors (Lipinski definition) is 0. The average Bonchev–Trinajstić information content (AvgIpc) is 2.67. The van der Waals surface area contributed by atoms with Gasteiger partial charge in [0, 0.05) is 25.5 Å². The quantitative estimate of drug-likeness (QED) is 0.256. The summed E-state index contributed by atoms with van der Waals surface area (Å²) in [4.78, 5) is 19.7. The third kappa shape index (κ3) is 11.8. The highest BCUT2D eigenvalue weighted by Crippen LogP contribution is 2.23. The van der Waals surface area contributed by atoms with Crippen LogP contribution >= 0.6 is 0 Å². The first kappa shape index (κ1) is 31.1. The summed E-state index contributed by atoms with van der Waals surface area (Å²) < 4.78 is 5.10. The summed E-state index contributed by atoms with van der Waals surface area (Å²) in [5, 5.41) is 0. The van der Waals surface area contributed by atoms with Gasteiger partial charge in [-0.3, -0.25) is 9.79 Å². The summed E-state index contributed by atoms with van der Waals surface area (Å²) in [6, 6.07) is 0. The standard InChI is InChI=1S/C20H31N3O2.2C2H6/c1-11-25-19(24)13-23(16(5)12-15(4)17(6)21-8)18(7)20(14(2)3)22(9)10;2*1-2/h12H,2,5-6,8,11,13H2,1,3-4,7,9-10H3;2*1-2H3/b15-12+,20-18-;;. The second kappa shape index (κ2) is 17.5. The van der Waals surface area contributed by atoms with Gasteiger partial charge in [0.1, 0.15) is 6.54 Å². The van der Waals surface area contributed by atoms with Crippen LogP contribution in [0, 0.1) is 0 Å². The Hall–Kier alpha value is -2.56. The normalized spacial score (nSPS) is 10.8. The first-order valence-electron chi connectivity index (χ1n) is 10.1. The summed E-state index contributed by atoms with van der Waals surface area (Å²) in [7, 11) is 3.87. The van der Waals surface area contributed by atoms with Crippen molar-refractivity contribution >= 4 is 12.7 Å². The van der Waals surface area contributed by atoms with Crippen LogP contribution in [0.2, 0.25) is 0 Å². The molecule has 0 aliphatic heterocycles. The Morgan fingerprint density at radius 3 is 1.86 bits per heavy atom. The molecule has 166 valence electrons. The number of carbonyl (C=O) groups excluding carboxylic acids is 1. The van der Waals surface area contributed by atoms with Gasteiger partial charge in [-0.25, -0.2) is 0 Å². The molecule has 0 atom stereocenters. The van der Waals surface area contributed by atoms with E-state index in [4.69, 9.17) is 4.74 Å². The highest BCUT2D eigenvalue weighted by molar-refractivity contribution is 5.72. The van der Waals surface area contributed by atoms with E-state index in [1.165, 1.54) is 0 Å². The Labute approximate surface area is 179 Å². The Bertz CT molecular complexity index is 626. The van der Waals surface area contributed by atoms with E-state index >= 15 is 0 Å². The van der Waals surface area contributed by atoms with Crippen molar-refractivity contribution in [3.05, 3.63) is 59.7 Å². The van der Waals surface area contributed by atoms with Crippen molar-refractivity contribution in [1.29, 1.82) is 0 Å². The van der Waals surface area contributed by atoms with Gasteiger partial charge in [-0.15, -0.1) is 0 Å². The number of aliphatic imine (C=N–C) groups is 1. The van der Waals surface area contributed by atoms with Gasteiger partial charge in [-0.2, -0.15) is 0 Å². The third-order valence-corrected chi connectivity index (χ3v) is 3.57. The van der Waals surface area contributed by atoms with Gasteiger partial charge in [0.05, 0.1) is 18.0 Å². The minimum absolute atomic E-state index is 0.0564. The fourth-order valence-corrected chi connectivity index (χ4v) is 2.45. The molecule has 0 aliphatic carbocycles. The molecule has 0 saturated carbocycles. The number of carbonyl (C=O) groups is 1. The maximum Gasteiger partial charge on any atom is 0.325 e. The van der Waals surface area contributed by atoms with Crippen molar-refractivity contribution in [3.63, 3.8) is 0 Å². The van der Waals surface area contributed by atoms with Crippen LogP contribution in [0.5, 0.6) is 0 Å². The predicted molar refractivity (Wildman–Crippen MR) is 129 cm³/mol. The SMILES string of the molecule is C=NC(=C)/C(C)=C/C(=C)N(CC(=O)OCC)/C(C)=C(/C(=C)C)N(C)C.CC.CC. The molecule has 29 heavy (non-hydrogen) atoms. The van der Waals surface area contributed by atoms with Gasteiger partial charge in [0.15, 0.2) is 0 Å². The van der Waals surface area contributed by atoms with E-state index in [9.17, 15) is 4.79 Å². The predicted octanol–water partition coefficient (Wildman–Crippen LogP) is 5.95. The lowest BCUT2D eigenvalue weighted by molar-refractivity contribution is -0.143. The molecule has 5 heteroatoms. The van der Waals surface area contributed by atoms with Gasteiger partial charge < -0.3 is 14.5 Å². The van der Waals surface area contributed by atoms with E-state index in [0.717, 1.165) is 22.5 Å². The van der Waals surface area contributed by atoms with E-state index in [2.05, 4.69) is 31.4 Å². The number of likely N-dealkylation sites (N-methyl/N-ethyl adjacent to an activating group) is 1. The summed E-state index contributed by atoms with van der Waals surface area (Å²) in [6.45, 7) is 31.3. The van der Waals surface area contributed by atoms with Crippen LogP contribution in [-0.4, -0.2) is 49.7 Å². The molecule has 5 nitrogen and oxygen atoms in total. The number of esters is 1. The van der Waals surface area contributed by atoms with Crippen LogP contribution < -0.4 is 0 Å². The lowest BCUT2D eigenvalue weighted by Crippen LogP contribution is -2.31. The zero-order chi connectivity index (χ0) is 23.7. The first-order valence-corrected chi connectivity index (χ1v) is 10.1. The molecule has 0 aromatic rings. The molecule has 0 saturated heterocycles. The van der Waals surface area contributed by atoms with Crippen LogP contribution in [0.15, 0.2) is 64.7 Å². The molecule has 0 amide bonds. The molecule has 0 aliphatic rings. The summed E-state index contributed by atoms with van der Waals surface area (Å²) in [6.07, 6.45) is 1.82. The van der Waals surface area contributed by atoms with E-state index in [1.54, 1.807) is 6.92 Å². The number of nitrogens with zero attached hydrogens (tertiary/aromatic N) is 3. The molecule has 0 heterocycles. The number of ether oxygens (including phenoxy) is 1. The minimum Gasteiger partial charge on any atom is -0.465 e. The molecular formula is C24H43N3O2. The van der Waals surface area contributed by atoms with Crippen molar-refractivity contribution in [2.75, 3.05) is 27.2 Å². The fraction of sp³-hybridized carbons (Fsp3) is 0.500. The second-order valence-electron chi connectivity index (χ2n) is 5.92. The monoisotopic (exact) mass is 405 g/mol. The van der Waals surface area contributed by atoms with E-state index in [0.29, 0.717) is 18.0 Å². The Balaban J connectivity index is -0.00000158. The first-order chi connectivity index (χ1) is 13.6. The molecule has 0 radical (unpaired) electrons. The van der Waals surface area contributed by atoms with Crippen LogP contribution in [0.3, 0.4) is 0 Å². The lowest BCUT2D eigenvalue weighted by atomic mass is 10.1. The number of rotatable bonds is 10. The minimum atomic E-state index is -0.324. The highest BCUT2D eigenvalue weighted by atomic mass is 16.5. The largest absolute Gasteiger partial charge is 0.465 e. The van der Waals surface area contributed by atoms with E-state index in [-0.39, 0.29) is 12.5 Å². The number of hydrogen-bond acceptors (Lipinski definition) is 5. The van der Waals surface area contributed by atoms with Gasteiger partial charge in [0.25, 0.3) is 0 Å². The van der Waals surface area contributed by atoms with Crippen molar-refractivity contribution in [1.82, 2.24) is 9.80 Å². The molecule has 0 rings (SSSR count). The van der Waals surface area contributed by atoms with Crippen molar-refractivity contribution in [2.45, 2.75) is 55.4 Å². The van der Waals surface area contributed by atoms with Crippen LogP contribution in [0.4, 0.5) is 0 Å². The van der Waals surface area contributed by atoms with Crippen molar-refractivity contribution < 1.29 is 9.53 Å². The average molecular weight is 406 g/mol. The van der Waals surface area contributed by atoms with Crippen LogP contribution in [-0.2, 0) is 9.53 Å². The van der Waals surface area contributed by atoms with E-state index in [1.807, 2.05) is 78.4 Å². The topological polar surface area (TPSA) is 45.1 Å². The summed E-state index contributed by atoms with van der Waals surface area (Å²) >= 11 is 0. The summed E-state index contributed by atoms with van der Waals surface area (Å²) in [5.74, 6) is -0.324. The van der Waals surface area contributed by atoms with Crippen LogP contribution in [0.25, 0.3) is 0 Å². The van der Waals surface area contributed by atoms with Crippen molar-refractivity contribution in [2.24, 2.45) is 4.99 Å². The molecule has 0 aromatic heterocycles. The zero-order valence-corrected chi connectivity index (χ0v) is 20.5. The molecular weight excluding hydrogens is 362 g/mol. The molecule has 0 bridgehead atoms. The van der Waals surface area contributed by atoms with Gasteiger partial charge in [0.2, 0.25) is 0 Å². The van der Waals surface area contributed by atoms with Gasteiger partial charge >= 0.3 is 5.97 Å². The maximum absolute atomic E-state index is 12.1. The Morgan fingerprint density at radius 2 is 1.52 bits per heavy atom. The maximum atomic E-state index is 12.1. The molecule has 0 aromatic carbocycles. The third-order valence-electron chi connectivity index (χ3n) is 3.57. The second-order valence-corrected chi connectivity index (χ2v) is 5.92. The van der Waals surface area contributed by atoms with Gasteiger partial charge in [-0.05, 0) is 51.6 Å². The smallest absolute Gasteiger partial charge is 0.325 e. The Kier molecular flexibility index (Phi) is 18.8. The van der Waals surface area contributed by atoms with Gasteiger partial charge in [-0.1, -0.05) is 47.4 Å². The highest BCUT2D eigenvalue weighted by Gasteiger charge is 2.19. The lowest BCUT2D eigenvalue weighted by Gasteiger charge is -2.30. The molecule has 0 unspecified atom stereocenters. The Morgan fingerprint density at radius 1 is 1.03 bits per heavy atom. The molecule has 0 N–H and O–H groups in total. The number of allylic oxidation sites excluding steroid dienone is 4. The van der Waals surface area contributed by atoms with Crippen molar-refractivity contribution in [3.8, 4) is 0 Å². The van der Waals surface area contributed by atoms with E-state index < -0.39 is 0 Å². The zero-order valence-electron chi connectivity index (χ0n) is 20.5. The summed E-state index contributed by atoms with van der Waals surface area (Å²) in [5.41, 5.74) is 4.69. The molecule has 0 fully saturated rings. The van der Waals surface area contributed by atoms with Crippen LogP contribution in [0.1, 0.15) is 55.4 Å².